The highest BCUT2D eigenvalue weighted by atomic mass is 32.2. The first-order valence-corrected chi connectivity index (χ1v) is 9.18. The topological polar surface area (TPSA) is 116 Å². The molecule has 1 aromatic carbocycles. The molecular formula is C15H22FN3O3S. The number of hydrogen-bond donors (Lipinski definition) is 2. The first kappa shape index (κ1) is 19.1. The number of rotatable bonds is 6. The number of nitrogens with two attached hydrogens (primary N) is 2. The molecule has 1 amide bonds. The third kappa shape index (κ3) is 4.75. The van der Waals surface area contributed by atoms with Gasteiger partial charge in [0.2, 0.25) is 0 Å². The number of carbonyl (C=O) groups is 1. The van der Waals surface area contributed by atoms with E-state index in [4.69, 9.17) is 11.5 Å². The number of carbonyl (C=O) groups excluding carboxylic acids is 1. The molecule has 8 heteroatoms. The summed E-state index contributed by atoms with van der Waals surface area (Å²) in [5.41, 5.74) is 10.1. The van der Waals surface area contributed by atoms with Gasteiger partial charge < -0.3 is 11.5 Å². The van der Waals surface area contributed by atoms with Crippen LogP contribution in [-0.2, 0) is 9.84 Å². The summed E-state index contributed by atoms with van der Waals surface area (Å²) >= 11 is 0. The summed E-state index contributed by atoms with van der Waals surface area (Å²) in [6, 6.07) is 2.13. The molecule has 0 aliphatic rings. The highest BCUT2D eigenvalue weighted by Gasteiger charge is 2.24. The zero-order valence-electron chi connectivity index (χ0n) is 13.5. The number of nitrogens with zero attached hydrogens (tertiary/aromatic N) is 1. The summed E-state index contributed by atoms with van der Waals surface area (Å²) in [5.74, 6) is -2.47. The quantitative estimate of drug-likeness (QED) is 0.465. The summed E-state index contributed by atoms with van der Waals surface area (Å²) in [5, 5.41) is 0. The van der Waals surface area contributed by atoms with Crippen LogP contribution in [0.15, 0.2) is 22.0 Å². The lowest BCUT2D eigenvalue weighted by Gasteiger charge is -2.19. The van der Waals surface area contributed by atoms with Gasteiger partial charge in [0, 0.05) is 6.26 Å². The summed E-state index contributed by atoms with van der Waals surface area (Å²) in [4.78, 5) is 15.0. The number of halogens is 1. The van der Waals surface area contributed by atoms with Crippen LogP contribution in [0, 0.1) is 5.82 Å². The molecule has 0 spiro atoms. The number of sulfone groups is 1. The van der Waals surface area contributed by atoms with Crippen molar-refractivity contribution in [3.05, 3.63) is 29.1 Å². The largest absolute Gasteiger partial charge is 0.370 e. The fourth-order valence-electron chi connectivity index (χ4n) is 2.48. The van der Waals surface area contributed by atoms with Crippen LogP contribution in [0.2, 0.25) is 0 Å². The van der Waals surface area contributed by atoms with Crippen LogP contribution in [0.25, 0.3) is 0 Å². The van der Waals surface area contributed by atoms with Crippen molar-refractivity contribution in [1.29, 1.82) is 0 Å². The zero-order chi connectivity index (χ0) is 17.8. The molecule has 0 aliphatic carbocycles. The Morgan fingerprint density at radius 1 is 1.30 bits per heavy atom. The summed E-state index contributed by atoms with van der Waals surface area (Å²) in [6.07, 6.45) is 3.24. The number of amides is 1. The van der Waals surface area contributed by atoms with Gasteiger partial charge in [-0.15, -0.1) is 0 Å². The predicted octanol–water partition coefficient (Wildman–Crippen LogP) is 1.94. The third-order valence-electron chi connectivity index (χ3n) is 3.53. The van der Waals surface area contributed by atoms with Crippen LogP contribution in [0.4, 0.5) is 4.39 Å². The Labute approximate surface area is 135 Å². The summed E-state index contributed by atoms with van der Waals surface area (Å²) < 4.78 is 38.4. The van der Waals surface area contributed by atoms with Crippen molar-refractivity contribution in [3.8, 4) is 0 Å². The molecule has 0 aliphatic heterocycles. The minimum atomic E-state index is -3.64. The van der Waals surface area contributed by atoms with Crippen molar-refractivity contribution in [1.82, 2.24) is 0 Å². The number of aliphatic imine (C=N–C) groups is 1. The van der Waals surface area contributed by atoms with Crippen molar-refractivity contribution in [2.24, 2.45) is 16.5 Å². The first-order valence-electron chi connectivity index (χ1n) is 7.29. The van der Waals surface area contributed by atoms with E-state index in [-0.39, 0.29) is 10.8 Å². The lowest BCUT2D eigenvalue weighted by molar-refractivity contribution is 0.0998. The predicted molar refractivity (Wildman–Crippen MR) is 87.6 cm³/mol. The lowest BCUT2D eigenvalue weighted by Crippen LogP contribution is -2.24. The van der Waals surface area contributed by atoms with Crippen molar-refractivity contribution in [2.75, 3.05) is 6.26 Å². The number of hydrogen-bond acceptors (Lipinski definition) is 3. The fourth-order valence-corrected chi connectivity index (χ4v) is 3.46. The van der Waals surface area contributed by atoms with Crippen molar-refractivity contribution < 1.29 is 17.6 Å². The second-order valence-corrected chi connectivity index (χ2v) is 7.36. The highest BCUT2D eigenvalue weighted by Crippen LogP contribution is 2.32. The van der Waals surface area contributed by atoms with Crippen LogP contribution in [-0.4, -0.2) is 26.5 Å². The van der Waals surface area contributed by atoms with Gasteiger partial charge in [-0.05, 0) is 36.5 Å². The third-order valence-corrected chi connectivity index (χ3v) is 4.68. The van der Waals surface area contributed by atoms with Gasteiger partial charge in [-0.1, -0.05) is 20.3 Å². The Balaban J connectivity index is 3.60. The molecule has 6 nitrogen and oxygen atoms in total. The molecular weight excluding hydrogens is 321 g/mol. The monoisotopic (exact) mass is 343 g/mol. The van der Waals surface area contributed by atoms with E-state index in [1.807, 2.05) is 13.8 Å². The Morgan fingerprint density at radius 3 is 2.35 bits per heavy atom. The molecule has 0 saturated heterocycles. The summed E-state index contributed by atoms with van der Waals surface area (Å²) in [7, 11) is -3.64. The Bertz CT molecular complexity index is 726. The molecule has 23 heavy (non-hydrogen) atoms. The van der Waals surface area contributed by atoms with Gasteiger partial charge in [-0.3, -0.25) is 4.79 Å². The normalized spacial score (nSPS) is 12.7. The second kappa shape index (κ2) is 7.54. The van der Waals surface area contributed by atoms with E-state index in [0.717, 1.165) is 31.2 Å². The summed E-state index contributed by atoms with van der Waals surface area (Å²) in [6.45, 7) is 3.87. The van der Waals surface area contributed by atoms with Gasteiger partial charge in [0.15, 0.2) is 15.8 Å². The molecule has 1 aromatic rings. The van der Waals surface area contributed by atoms with E-state index in [0.29, 0.717) is 12.0 Å². The average molecular weight is 343 g/mol. The molecule has 128 valence electrons. The van der Waals surface area contributed by atoms with E-state index in [1.165, 1.54) is 0 Å². The maximum atomic E-state index is 14.3. The van der Waals surface area contributed by atoms with Crippen molar-refractivity contribution in [3.63, 3.8) is 0 Å². The minimum Gasteiger partial charge on any atom is -0.370 e. The van der Waals surface area contributed by atoms with Crippen molar-refractivity contribution >= 4 is 21.7 Å². The molecule has 0 fully saturated rings. The van der Waals surface area contributed by atoms with Crippen LogP contribution in [0.1, 0.15) is 54.9 Å². The second-order valence-electron chi connectivity index (χ2n) is 5.38. The van der Waals surface area contributed by atoms with E-state index in [2.05, 4.69) is 4.99 Å². The van der Waals surface area contributed by atoms with Crippen LogP contribution in [0.3, 0.4) is 0 Å². The van der Waals surface area contributed by atoms with Gasteiger partial charge in [-0.2, -0.15) is 4.99 Å². The van der Waals surface area contributed by atoms with E-state index in [9.17, 15) is 17.6 Å². The van der Waals surface area contributed by atoms with Gasteiger partial charge in [0.05, 0.1) is 10.5 Å². The Morgan fingerprint density at radius 2 is 1.91 bits per heavy atom. The van der Waals surface area contributed by atoms with Gasteiger partial charge in [0.25, 0.3) is 5.91 Å². The molecule has 0 saturated carbocycles. The molecule has 4 N–H and O–H groups in total. The van der Waals surface area contributed by atoms with Gasteiger partial charge in [0.1, 0.15) is 5.82 Å². The number of guanidine groups is 1. The smallest absolute Gasteiger partial charge is 0.283 e. The maximum absolute atomic E-state index is 14.3. The molecule has 1 atom stereocenters. The highest BCUT2D eigenvalue weighted by molar-refractivity contribution is 7.90. The Kier molecular flexibility index (Phi) is 6.26. The lowest BCUT2D eigenvalue weighted by atomic mass is 9.91. The van der Waals surface area contributed by atoms with Gasteiger partial charge in [-0.25, -0.2) is 12.8 Å². The number of benzene rings is 1. The average Bonchev–Trinajstić information content (AvgIpc) is 2.42. The van der Waals surface area contributed by atoms with E-state index >= 15 is 0 Å². The molecule has 1 rings (SSSR count). The van der Waals surface area contributed by atoms with Crippen LogP contribution < -0.4 is 11.5 Å². The van der Waals surface area contributed by atoms with Gasteiger partial charge >= 0.3 is 0 Å². The van der Waals surface area contributed by atoms with Crippen LogP contribution >= 0.6 is 0 Å². The van der Waals surface area contributed by atoms with E-state index in [1.54, 1.807) is 0 Å². The zero-order valence-corrected chi connectivity index (χ0v) is 14.3. The molecule has 0 bridgehead atoms. The Hall–Kier alpha value is -1.96. The fraction of sp³-hybridized carbons (Fsp3) is 0.467. The molecule has 0 radical (unpaired) electrons. The van der Waals surface area contributed by atoms with E-state index < -0.39 is 33.1 Å². The molecule has 0 heterocycles. The maximum Gasteiger partial charge on any atom is 0.283 e. The van der Waals surface area contributed by atoms with Crippen LogP contribution in [0.5, 0.6) is 0 Å². The molecule has 0 aromatic heterocycles. The minimum absolute atomic E-state index is 0.0617. The SMILES string of the molecule is CCCC(CC)c1cc(F)c(C(=O)N=C(N)N)cc1S(C)(=O)=O. The molecule has 1 unspecified atom stereocenters. The van der Waals surface area contributed by atoms with Crippen molar-refractivity contribution in [2.45, 2.75) is 43.9 Å². The standard InChI is InChI=1S/C15H22FN3O3S/c1-4-6-9(5-2)10-7-12(16)11(14(20)19-15(17)18)8-13(10)23(3,21)22/h7-9H,4-6H2,1-3H3,(H4,17,18,19,20). The first-order chi connectivity index (χ1) is 10.6.